The number of nitrogens with one attached hydrogen (secondary N) is 1. The van der Waals surface area contributed by atoms with E-state index >= 15 is 0 Å². The number of rotatable bonds is 6. The molecule has 0 radical (unpaired) electrons. The van der Waals surface area contributed by atoms with Gasteiger partial charge in [-0.25, -0.2) is 4.68 Å². The fourth-order valence-corrected chi connectivity index (χ4v) is 3.31. The van der Waals surface area contributed by atoms with Crippen molar-refractivity contribution in [2.45, 2.75) is 13.0 Å². The normalized spacial score (nSPS) is 11.7. The Kier molecular flexibility index (Phi) is 5.61. The van der Waals surface area contributed by atoms with Crippen LogP contribution in [0.15, 0.2) is 91.0 Å². The molecule has 0 bridgehead atoms. The Hall–Kier alpha value is -3.86. The summed E-state index contributed by atoms with van der Waals surface area (Å²) in [5.41, 5.74) is 4.00. The molecule has 0 aliphatic heterocycles. The van der Waals surface area contributed by atoms with E-state index in [1.54, 1.807) is 11.8 Å². The Morgan fingerprint density at radius 2 is 1.57 bits per heavy atom. The summed E-state index contributed by atoms with van der Waals surface area (Å²) in [7, 11) is 1.63. The third-order valence-electron chi connectivity index (χ3n) is 4.98. The lowest BCUT2D eigenvalue weighted by Crippen LogP contribution is -2.28. The minimum absolute atomic E-state index is 0.127. The summed E-state index contributed by atoms with van der Waals surface area (Å²) >= 11 is 0. The van der Waals surface area contributed by atoms with Crippen molar-refractivity contribution in [1.29, 1.82) is 0 Å². The number of hydrogen-bond donors (Lipinski definition) is 1. The van der Waals surface area contributed by atoms with Gasteiger partial charge in [0.05, 0.1) is 24.5 Å². The van der Waals surface area contributed by atoms with Crippen LogP contribution in [-0.2, 0) is 0 Å². The van der Waals surface area contributed by atoms with Gasteiger partial charge < -0.3 is 10.1 Å². The lowest BCUT2D eigenvalue weighted by Gasteiger charge is -2.15. The molecule has 4 aromatic rings. The van der Waals surface area contributed by atoms with E-state index in [2.05, 4.69) is 5.32 Å². The van der Waals surface area contributed by atoms with Crippen LogP contribution < -0.4 is 10.1 Å². The zero-order valence-electron chi connectivity index (χ0n) is 16.9. The summed E-state index contributed by atoms with van der Waals surface area (Å²) in [6.07, 6.45) is 0. The standard InChI is InChI=1S/C25H23N3O2/c1-18(19-9-5-3-6-10-19)26-25(29)24-17-23(20-11-7-4-8-12-20)27-28(24)21-13-15-22(30-2)16-14-21/h3-18H,1-2H3,(H,26,29). The molecule has 0 fully saturated rings. The molecule has 1 aromatic heterocycles. The monoisotopic (exact) mass is 397 g/mol. The summed E-state index contributed by atoms with van der Waals surface area (Å²) < 4.78 is 6.93. The highest BCUT2D eigenvalue weighted by molar-refractivity contribution is 5.94. The molecule has 0 aliphatic rings. The smallest absolute Gasteiger partial charge is 0.270 e. The molecule has 1 heterocycles. The zero-order valence-corrected chi connectivity index (χ0v) is 16.9. The molecule has 3 aromatic carbocycles. The van der Waals surface area contributed by atoms with Crippen molar-refractivity contribution >= 4 is 5.91 Å². The maximum absolute atomic E-state index is 13.2. The highest BCUT2D eigenvalue weighted by Gasteiger charge is 2.19. The SMILES string of the molecule is COc1ccc(-n2nc(-c3ccccc3)cc2C(=O)NC(C)c2ccccc2)cc1. The van der Waals surface area contributed by atoms with Crippen LogP contribution in [0.2, 0.25) is 0 Å². The van der Waals surface area contributed by atoms with Gasteiger partial charge in [0.1, 0.15) is 11.4 Å². The molecule has 1 unspecified atom stereocenters. The van der Waals surface area contributed by atoms with Crippen LogP contribution in [0.4, 0.5) is 0 Å². The number of benzene rings is 3. The van der Waals surface area contributed by atoms with Crippen molar-refractivity contribution in [2.24, 2.45) is 0 Å². The maximum atomic E-state index is 13.2. The number of hydrogen-bond acceptors (Lipinski definition) is 3. The molecule has 1 atom stereocenters. The number of nitrogens with zero attached hydrogens (tertiary/aromatic N) is 2. The van der Waals surface area contributed by atoms with Crippen LogP contribution in [0.5, 0.6) is 5.75 Å². The van der Waals surface area contributed by atoms with Gasteiger partial charge in [0.2, 0.25) is 0 Å². The van der Waals surface area contributed by atoms with Gasteiger partial charge in [-0.15, -0.1) is 0 Å². The topological polar surface area (TPSA) is 56.2 Å². The first-order valence-electron chi connectivity index (χ1n) is 9.81. The minimum atomic E-state index is -0.183. The molecule has 0 aliphatic carbocycles. The first-order valence-corrected chi connectivity index (χ1v) is 9.81. The number of methoxy groups -OCH3 is 1. The first kappa shape index (κ1) is 19.5. The molecule has 5 nitrogen and oxygen atoms in total. The molecule has 1 N–H and O–H groups in total. The Morgan fingerprint density at radius 1 is 0.933 bits per heavy atom. The van der Waals surface area contributed by atoms with Gasteiger partial charge >= 0.3 is 0 Å². The second-order valence-corrected chi connectivity index (χ2v) is 7.00. The zero-order chi connectivity index (χ0) is 20.9. The van der Waals surface area contributed by atoms with E-state index in [1.807, 2.05) is 97.9 Å². The lowest BCUT2D eigenvalue weighted by molar-refractivity contribution is 0.0932. The molecule has 150 valence electrons. The summed E-state index contributed by atoms with van der Waals surface area (Å²) in [5.74, 6) is 0.565. The van der Waals surface area contributed by atoms with E-state index in [4.69, 9.17) is 9.84 Å². The van der Waals surface area contributed by atoms with Crippen LogP contribution >= 0.6 is 0 Å². The molecule has 5 heteroatoms. The van der Waals surface area contributed by atoms with Crippen molar-refractivity contribution in [1.82, 2.24) is 15.1 Å². The van der Waals surface area contributed by atoms with Crippen molar-refractivity contribution in [3.63, 3.8) is 0 Å². The van der Waals surface area contributed by atoms with E-state index in [9.17, 15) is 4.79 Å². The molecule has 0 spiro atoms. The third kappa shape index (κ3) is 4.10. The number of carbonyl (C=O) groups excluding carboxylic acids is 1. The highest BCUT2D eigenvalue weighted by atomic mass is 16.5. The quantitative estimate of drug-likeness (QED) is 0.496. The summed E-state index contributed by atoms with van der Waals surface area (Å²) in [5, 5.41) is 7.81. The third-order valence-corrected chi connectivity index (χ3v) is 4.98. The maximum Gasteiger partial charge on any atom is 0.270 e. The van der Waals surface area contributed by atoms with Gasteiger partial charge in [0.15, 0.2) is 0 Å². The van der Waals surface area contributed by atoms with Gasteiger partial charge in [-0.3, -0.25) is 4.79 Å². The largest absolute Gasteiger partial charge is 0.497 e. The minimum Gasteiger partial charge on any atom is -0.497 e. The summed E-state index contributed by atoms with van der Waals surface area (Å²) in [6, 6.07) is 28.9. The Labute approximate surface area is 175 Å². The number of aromatic nitrogens is 2. The molecule has 1 amide bonds. The van der Waals surface area contributed by atoms with Gasteiger partial charge in [-0.05, 0) is 42.8 Å². The molecule has 0 saturated carbocycles. The van der Waals surface area contributed by atoms with Crippen LogP contribution in [-0.4, -0.2) is 22.8 Å². The Balaban J connectivity index is 1.71. The first-order chi connectivity index (χ1) is 14.7. The van der Waals surface area contributed by atoms with Gasteiger partial charge in [-0.1, -0.05) is 60.7 Å². The van der Waals surface area contributed by atoms with E-state index < -0.39 is 0 Å². The predicted octanol–water partition coefficient (Wildman–Crippen LogP) is 5.04. The fraction of sp³-hybridized carbons (Fsp3) is 0.120. The second-order valence-electron chi connectivity index (χ2n) is 7.00. The van der Waals surface area contributed by atoms with E-state index in [-0.39, 0.29) is 11.9 Å². The Morgan fingerprint density at radius 3 is 2.20 bits per heavy atom. The van der Waals surface area contributed by atoms with Crippen LogP contribution in [0.25, 0.3) is 16.9 Å². The van der Waals surface area contributed by atoms with E-state index in [0.29, 0.717) is 5.69 Å². The van der Waals surface area contributed by atoms with Crippen molar-refractivity contribution in [2.75, 3.05) is 7.11 Å². The second kappa shape index (κ2) is 8.66. The van der Waals surface area contributed by atoms with E-state index in [1.165, 1.54) is 0 Å². The van der Waals surface area contributed by atoms with Gasteiger partial charge in [0.25, 0.3) is 5.91 Å². The highest BCUT2D eigenvalue weighted by Crippen LogP contribution is 2.23. The molecular weight excluding hydrogens is 374 g/mol. The lowest BCUT2D eigenvalue weighted by atomic mass is 10.1. The molecule has 4 rings (SSSR count). The van der Waals surface area contributed by atoms with Crippen molar-refractivity contribution in [3.8, 4) is 22.7 Å². The fourth-order valence-electron chi connectivity index (χ4n) is 3.31. The molecule has 30 heavy (non-hydrogen) atoms. The summed E-state index contributed by atoms with van der Waals surface area (Å²) in [4.78, 5) is 13.2. The number of amides is 1. The summed E-state index contributed by atoms with van der Waals surface area (Å²) in [6.45, 7) is 1.97. The molecular formula is C25H23N3O2. The average Bonchev–Trinajstić information content (AvgIpc) is 3.26. The van der Waals surface area contributed by atoms with Crippen LogP contribution in [0.1, 0.15) is 29.0 Å². The number of ether oxygens (including phenoxy) is 1. The van der Waals surface area contributed by atoms with Crippen LogP contribution in [0, 0.1) is 0 Å². The van der Waals surface area contributed by atoms with Crippen LogP contribution in [0.3, 0.4) is 0 Å². The Bertz CT molecular complexity index is 1120. The van der Waals surface area contributed by atoms with Crippen molar-refractivity contribution < 1.29 is 9.53 Å². The predicted molar refractivity (Wildman–Crippen MR) is 118 cm³/mol. The number of carbonyl (C=O) groups is 1. The van der Waals surface area contributed by atoms with Crippen molar-refractivity contribution in [3.05, 3.63) is 102 Å². The molecule has 0 saturated heterocycles. The average molecular weight is 397 g/mol. The van der Waals surface area contributed by atoms with Gasteiger partial charge in [0, 0.05) is 5.56 Å². The van der Waals surface area contributed by atoms with Gasteiger partial charge in [-0.2, -0.15) is 5.10 Å². The van der Waals surface area contributed by atoms with E-state index in [0.717, 1.165) is 28.3 Å².